The van der Waals surface area contributed by atoms with E-state index >= 15 is 0 Å². The second-order valence-electron chi connectivity index (χ2n) is 5.42. The zero-order valence-corrected chi connectivity index (χ0v) is 13.0. The number of nitrogens with zero attached hydrogens (tertiary/aromatic N) is 1. The van der Waals surface area contributed by atoms with Crippen LogP contribution in [0.5, 0.6) is 0 Å². The summed E-state index contributed by atoms with van der Waals surface area (Å²) in [6.07, 6.45) is 6.36. The predicted octanol–water partition coefficient (Wildman–Crippen LogP) is 3.31. The number of hydrogen-bond donors (Lipinski definition) is 2. The van der Waals surface area contributed by atoms with Crippen molar-refractivity contribution in [2.75, 3.05) is 0 Å². The molecule has 0 amide bonds. The van der Waals surface area contributed by atoms with Crippen molar-refractivity contribution in [3.8, 4) is 0 Å². The molecule has 2 aromatic rings. The number of hydrogen-bond acceptors (Lipinski definition) is 3. The highest BCUT2D eigenvalue weighted by Crippen LogP contribution is 2.28. The predicted molar refractivity (Wildman–Crippen MR) is 95.4 cm³/mol. The lowest BCUT2D eigenvalue weighted by atomic mass is 10.0. The number of aliphatic carboxylic acids is 1. The Labute approximate surface area is 140 Å². The van der Waals surface area contributed by atoms with Gasteiger partial charge in [-0.1, -0.05) is 60.7 Å². The smallest absolute Gasteiger partial charge is 0.335 e. The summed E-state index contributed by atoms with van der Waals surface area (Å²) in [5, 5.41) is 9.34. The van der Waals surface area contributed by atoms with Crippen LogP contribution in [0.4, 0.5) is 0 Å². The van der Waals surface area contributed by atoms with Gasteiger partial charge in [0.05, 0.1) is 5.57 Å². The maximum absolute atomic E-state index is 11.4. The van der Waals surface area contributed by atoms with E-state index in [0.717, 1.165) is 16.8 Å². The van der Waals surface area contributed by atoms with Crippen molar-refractivity contribution in [2.45, 2.75) is 6.17 Å². The van der Waals surface area contributed by atoms with Gasteiger partial charge in [0.15, 0.2) is 0 Å². The number of benzene rings is 2. The molecule has 3 N–H and O–H groups in total. The molecule has 1 unspecified atom stereocenters. The average Bonchev–Trinajstić information content (AvgIpc) is 2.61. The molecule has 0 saturated carbocycles. The van der Waals surface area contributed by atoms with Crippen molar-refractivity contribution in [1.29, 1.82) is 0 Å². The van der Waals surface area contributed by atoms with E-state index in [0.29, 0.717) is 0 Å². The summed E-state index contributed by atoms with van der Waals surface area (Å²) in [5.41, 5.74) is 9.22. The highest BCUT2D eigenvalue weighted by Gasteiger charge is 2.27. The van der Waals surface area contributed by atoms with Crippen LogP contribution in [0.15, 0.2) is 84.6 Å². The molecule has 0 aromatic heterocycles. The molecule has 3 rings (SSSR count). The Morgan fingerprint density at radius 3 is 2.25 bits per heavy atom. The maximum atomic E-state index is 11.4. The van der Waals surface area contributed by atoms with Gasteiger partial charge in [-0.3, -0.25) is 0 Å². The Morgan fingerprint density at radius 2 is 1.62 bits per heavy atom. The topological polar surface area (TPSA) is 66.6 Å². The highest BCUT2D eigenvalue weighted by molar-refractivity contribution is 5.90. The fraction of sp³-hybridized carbons (Fsp3) is 0.0500. The van der Waals surface area contributed by atoms with E-state index in [1.807, 2.05) is 72.9 Å². The molecule has 0 aliphatic carbocycles. The van der Waals surface area contributed by atoms with Crippen molar-refractivity contribution >= 4 is 17.7 Å². The van der Waals surface area contributed by atoms with Crippen LogP contribution in [0.3, 0.4) is 0 Å². The van der Waals surface area contributed by atoms with E-state index in [1.54, 1.807) is 17.1 Å². The van der Waals surface area contributed by atoms with Crippen molar-refractivity contribution < 1.29 is 9.90 Å². The van der Waals surface area contributed by atoms with Gasteiger partial charge >= 0.3 is 5.97 Å². The van der Waals surface area contributed by atoms with Crippen LogP contribution in [0.1, 0.15) is 11.1 Å². The van der Waals surface area contributed by atoms with E-state index in [1.165, 1.54) is 0 Å². The van der Waals surface area contributed by atoms with Gasteiger partial charge in [-0.05, 0) is 29.4 Å². The Morgan fingerprint density at radius 1 is 1.00 bits per heavy atom. The van der Waals surface area contributed by atoms with E-state index in [9.17, 15) is 9.90 Å². The fourth-order valence-corrected chi connectivity index (χ4v) is 2.61. The summed E-state index contributed by atoms with van der Waals surface area (Å²) in [5.74, 6) is -1.01. The third-order valence-corrected chi connectivity index (χ3v) is 3.86. The summed E-state index contributed by atoms with van der Waals surface area (Å²) in [6, 6.07) is 19.6. The lowest BCUT2D eigenvalue weighted by Crippen LogP contribution is -2.42. The number of carboxylic acid groups (broad SMARTS) is 1. The van der Waals surface area contributed by atoms with Crippen molar-refractivity contribution in [3.63, 3.8) is 0 Å². The number of allylic oxidation sites excluding steroid dienone is 2. The molecule has 4 heteroatoms. The van der Waals surface area contributed by atoms with Gasteiger partial charge < -0.3 is 15.7 Å². The van der Waals surface area contributed by atoms with Crippen molar-refractivity contribution in [2.24, 2.45) is 5.73 Å². The molecule has 1 aliphatic rings. The SMILES string of the molecule is NC1C(C(=O)O)=CC=C(c2ccccc2)N1C=Cc1ccccc1. The zero-order chi connectivity index (χ0) is 16.9. The third-order valence-electron chi connectivity index (χ3n) is 3.86. The van der Waals surface area contributed by atoms with Crippen LogP contribution in [0.2, 0.25) is 0 Å². The van der Waals surface area contributed by atoms with Gasteiger partial charge in [0.25, 0.3) is 0 Å². The monoisotopic (exact) mass is 318 g/mol. The van der Waals surface area contributed by atoms with Gasteiger partial charge in [-0.15, -0.1) is 0 Å². The van der Waals surface area contributed by atoms with Crippen molar-refractivity contribution in [1.82, 2.24) is 4.90 Å². The van der Waals surface area contributed by atoms with Crippen molar-refractivity contribution in [3.05, 3.63) is 95.7 Å². The van der Waals surface area contributed by atoms with Gasteiger partial charge in [0, 0.05) is 11.9 Å². The Bertz CT molecular complexity index is 808. The molecule has 1 aliphatic heterocycles. The van der Waals surface area contributed by atoms with E-state index < -0.39 is 12.1 Å². The molecule has 120 valence electrons. The molecule has 0 fully saturated rings. The van der Waals surface area contributed by atoms with Gasteiger partial charge in [-0.2, -0.15) is 0 Å². The Hall–Kier alpha value is -3.11. The van der Waals surface area contributed by atoms with E-state index in [2.05, 4.69) is 0 Å². The van der Waals surface area contributed by atoms with Crippen LogP contribution in [-0.4, -0.2) is 22.1 Å². The van der Waals surface area contributed by atoms with E-state index in [-0.39, 0.29) is 5.57 Å². The number of rotatable bonds is 4. The minimum Gasteiger partial charge on any atom is -0.478 e. The summed E-state index contributed by atoms with van der Waals surface area (Å²) in [4.78, 5) is 13.2. The number of carbonyl (C=O) groups is 1. The summed E-state index contributed by atoms with van der Waals surface area (Å²) < 4.78 is 0. The highest BCUT2D eigenvalue weighted by atomic mass is 16.4. The maximum Gasteiger partial charge on any atom is 0.335 e. The first-order valence-corrected chi connectivity index (χ1v) is 7.64. The normalized spacial score (nSPS) is 17.5. The lowest BCUT2D eigenvalue weighted by molar-refractivity contribution is -0.133. The standard InChI is InChI=1S/C20H18N2O2/c21-19-17(20(23)24)11-12-18(16-9-5-2-6-10-16)22(19)14-13-15-7-3-1-4-8-15/h1-14,19H,21H2,(H,23,24). The van der Waals surface area contributed by atoms with Crippen LogP contribution in [0.25, 0.3) is 11.8 Å². The molecule has 2 aromatic carbocycles. The molecule has 0 spiro atoms. The first kappa shape index (κ1) is 15.8. The molecule has 0 saturated heterocycles. The first-order valence-electron chi connectivity index (χ1n) is 7.64. The molecular formula is C20H18N2O2. The minimum atomic E-state index is -1.01. The molecule has 4 nitrogen and oxygen atoms in total. The summed E-state index contributed by atoms with van der Waals surface area (Å²) in [7, 11) is 0. The van der Waals surface area contributed by atoms with Crippen LogP contribution < -0.4 is 5.73 Å². The lowest BCUT2D eigenvalue weighted by Gasteiger charge is -2.33. The quantitative estimate of drug-likeness (QED) is 0.907. The summed E-state index contributed by atoms with van der Waals surface area (Å²) in [6.45, 7) is 0. The molecule has 1 heterocycles. The van der Waals surface area contributed by atoms with Crippen LogP contribution in [-0.2, 0) is 4.79 Å². The summed E-state index contributed by atoms with van der Waals surface area (Å²) >= 11 is 0. The van der Waals surface area contributed by atoms with Gasteiger partial charge in [0.1, 0.15) is 6.17 Å². The second kappa shape index (κ2) is 6.98. The Kier molecular flexibility index (Phi) is 4.59. The number of carboxylic acids is 1. The zero-order valence-electron chi connectivity index (χ0n) is 13.0. The molecule has 0 radical (unpaired) electrons. The van der Waals surface area contributed by atoms with E-state index in [4.69, 9.17) is 5.73 Å². The van der Waals surface area contributed by atoms with Crippen LogP contribution in [0, 0.1) is 0 Å². The molecule has 1 atom stereocenters. The fourth-order valence-electron chi connectivity index (χ4n) is 2.61. The minimum absolute atomic E-state index is 0.160. The van der Waals surface area contributed by atoms with Crippen LogP contribution >= 0.6 is 0 Å². The third kappa shape index (κ3) is 3.29. The first-order chi connectivity index (χ1) is 11.7. The Balaban J connectivity index is 1.99. The largest absolute Gasteiger partial charge is 0.478 e. The molecule has 0 bridgehead atoms. The second-order valence-corrected chi connectivity index (χ2v) is 5.42. The number of nitrogens with two attached hydrogens (primary N) is 1. The average molecular weight is 318 g/mol. The van der Waals surface area contributed by atoms with Gasteiger partial charge in [0.2, 0.25) is 0 Å². The molecule has 24 heavy (non-hydrogen) atoms. The molecular weight excluding hydrogens is 300 g/mol. The van der Waals surface area contributed by atoms with Gasteiger partial charge in [-0.25, -0.2) is 4.79 Å².